The van der Waals surface area contributed by atoms with Crippen LogP contribution in [0.15, 0.2) is 12.2 Å². The van der Waals surface area contributed by atoms with Gasteiger partial charge in [-0.05, 0) is 33.1 Å². The third-order valence-electron chi connectivity index (χ3n) is 2.58. The summed E-state index contributed by atoms with van der Waals surface area (Å²) < 4.78 is 0. The Morgan fingerprint density at radius 2 is 2.07 bits per heavy atom. The molecule has 0 aliphatic heterocycles. The van der Waals surface area contributed by atoms with Gasteiger partial charge >= 0.3 is 0 Å². The van der Waals surface area contributed by atoms with E-state index in [0.717, 1.165) is 12.8 Å². The third-order valence-corrected chi connectivity index (χ3v) is 2.58. The van der Waals surface area contributed by atoms with E-state index in [2.05, 4.69) is 5.32 Å². The van der Waals surface area contributed by atoms with E-state index in [9.17, 15) is 4.79 Å². The van der Waals surface area contributed by atoms with Gasteiger partial charge < -0.3 is 10.4 Å². The Morgan fingerprint density at radius 3 is 2.57 bits per heavy atom. The molecular weight excluding hydrogens is 178 g/mol. The number of aliphatic hydroxyl groups excluding tert-OH is 1. The van der Waals surface area contributed by atoms with Gasteiger partial charge in [0.25, 0.3) is 0 Å². The lowest BCUT2D eigenvalue weighted by atomic mass is 9.98. The molecule has 1 aliphatic rings. The minimum atomic E-state index is -0.297. The maximum Gasteiger partial charge on any atom is 0.224 e. The predicted molar refractivity (Wildman–Crippen MR) is 55.8 cm³/mol. The van der Waals surface area contributed by atoms with Crippen LogP contribution >= 0.6 is 0 Å². The summed E-state index contributed by atoms with van der Waals surface area (Å²) in [6, 6.07) is 0. The van der Waals surface area contributed by atoms with Crippen molar-refractivity contribution in [3.63, 3.8) is 0 Å². The van der Waals surface area contributed by atoms with Gasteiger partial charge in [-0.2, -0.15) is 0 Å². The SMILES string of the molecule is CC(C)(CCO)NC(=O)C1CC=CC1. The molecule has 0 saturated heterocycles. The Morgan fingerprint density at radius 1 is 1.50 bits per heavy atom. The Hall–Kier alpha value is -0.830. The summed E-state index contributed by atoms with van der Waals surface area (Å²) in [6.07, 6.45) is 6.38. The van der Waals surface area contributed by atoms with Gasteiger partial charge in [0, 0.05) is 18.1 Å². The maximum atomic E-state index is 11.7. The topological polar surface area (TPSA) is 49.3 Å². The molecule has 0 bridgehead atoms. The standard InChI is InChI=1S/C11H19NO2/c1-11(2,7-8-13)12-10(14)9-5-3-4-6-9/h3-4,9,13H,5-8H2,1-2H3,(H,12,14). The van der Waals surface area contributed by atoms with Gasteiger partial charge in [0.15, 0.2) is 0 Å². The van der Waals surface area contributed by atoms with Crippen molar-refractivity contribution in [3.05, 3.63) is 12.2 Å². The second kappa shape index (κ2) is 4.60. The number of aliphatic hydroxyl groups is 1. The summed E-state index contributed by atoms with van der Waals surface area (Å²) >= 11 is 0. The fraction of sp³-hybridized carbons (Fsp3) is 0.727. The van der Waals surface area contributed by atoms with Crippen LogP contribution in [-0.4, -0.2) is 23.2 Å². The van der Waals surface area contributed by atoms with Crippen LogP contribution < -0.4 is 5.32 Å². The van der Waals surface area contributed by atoms with Crippen molar-refractivity contribution in [2.75, 3.05) is 6.61 Å². The van der Waals surface area contributed by atoms with Crippen molar-refractivity contribution in [2.45, 2.75) is 38.6 Å². The Kier molecular flexibility index (Phi) is 3.69. The van der Waals surface area contributed by atoms with Crippen molar-refractivity contribution in [3.8, 4) is 0 Å². The van der Waals surface area contributed by atoms with E-state index >= 15 is 0 Å². The van der Waals surface area contributed by atoms with Gasteiger partial charge in [0.2, 0.25) is 5.91 Å². The molecule has 3 heteroatoms. The number of amides is 1. The molecule has 0 aromatic rings. The number of nitrogens with one attached hydrogen (secondary N) is 1. The fourth-order valence-corrected chi connectivity index (χ4v) is 1.61. The summed E-state index contributed by atoms with van der Waals surface area (Å²) in [5.41, 5.74) is -0.297. The van der Waals surface area contributed by atoms with Crippen molar-refractivity contribution >= 4 is 5.91 Å². The highest BCUT2D eigenvalue weighted by atomic mass is 16.3. The highest BCUT2D eigenvalue weighted by Gasteiger charge is 2.25. The minimum Gasteiger partial charge on any atom is -0.396 e. The molecule has 0 unspecified atom stereocenters. The summed E-state index contributed by atoms with van der Waals surface area (Å²) in [4.78, 5) is 11.7. The number of carbonyl (C=O) groups is 1. The number of carbonyl (C=O) groups excluding carboxylic acids is 1. The van der Waals surface area contributed by atoms with Crippen LogP contribution in [0.25, 0.3) is 0 Å². The molecule has 0 heterocycles. The second-order valence-electron chi connectivity index (χ2n) is 4.49. The van der Waals surface area contributed by atoms with Gasteiger partial charge in [-0.25, -0.2) is 0 Å². The van der Waals surface area contributed by atoms with Crippen LogP contribution in [-0.2, 0) is 4.79 Å². The smallest absolute Gasteiger partial charge is 0.224 e. The number of rotatable bonds is 4. The lowest BCUT2D eigenvalue weighted by Gasteiger charge is -2.27. The normalized spacial score (nSPS) is 17.4. The largest absolute Gasteiger partial charge is 0.396 e. The molecule has 0 spiro atoms. The maximum absolute atomic E-state index is 11.7. The first-order valence-electron chi connectivity index (χ1n) is 5.13. The van der Waals surface area contributed by atoms with Crippen molar-refractivity contribution in [1.82, 2.24) is 5.32 Å². The molecule has 2 N–H and O–H groups in total. The lowest BCUT2D eigenvalue weighted by Crippen LogP contribution is -2.46. The quantitative estimate of drug-likeness (QED) is 0.666. The highest BCUT2D eigenvalue weighted by Crippen LogP contribution is 2.19. The molecule has 3 nitrogen and oxygen atoms in total. The first-order valence-corrected chi connectivity index (χ1v) is 5.13. The highest BCUT2D eigenvalue weighted by molar-refractivity contribution is 5.80. The average Bonchev–Trinajstić information content (AvgIpc) is 2.53. The molecule has 80 valence electrons. The molecule has 0 radical (unpaired) electrons. The molecule has 0 fully saturated rings. The Bertz CT molecular complexity index is 225. The molecule has 14 heavy (non-hydrogen) atoms. The van der Waals surface area contributed by atoms with E-state index in [1.807, 2.05) is 26.0 Å². The first kappa shape index (κ1) is 11.2. The Balaban J connectivity index is 2.39. The van der Waals surface area contributed by atoms with Crippen molar-refractivity contribution in [1.29, 1.82) is 0 Å². The second-order valence-corrected chi connectivity index (χ2v) is 4.49. The molecule has 0 saturated carbocycles. The summed E-state index contributed by atoms with van der Waals surface area (Å²) in [5.74, 6) is 0.210. The summed E-state index contributed by atoms with van der Waals surface area (Å²) in [5, 5.41) is 11.8. The van der Waals surface area contributed by atoms with Crippen LogP contribution in [0.5, 0.6) is 0 Å². The van der Waals surface area contributed by atoms with Crippen LogP contribution in [0.4, 0.5) is 0 Å². The molecule has 0 aromatic heterocycles. The molecule has 1 rings (SSSR count). The van der Waals surface area contributed by atoms with E-state index in [1.54, 1.807) is 0 Å². The van der Waals surface area contributed by atoms with Gasteiger partial charge in [0.1, 0.15) is 0 Å². The van der Waals surface area contributed by atoms with Gasteiger partial charge in [-0.1, -0.05) is 12.2 Å². The van der Waals surface area contributed by atoms with Crippen LogP contribution in [0, 0.1) is 5.92 Å². The fourth-order valence-electron chi connectivity index (χ4n) is 1.61. The summed E-state index contributed by atoms with van der Waals surface area (Å²) in [6.45, 7) is 3.98. The average molecular weight is 197 g/mol. The number of hydrogen-bond acceptors (Lipinski definition) is 2. The van der Waals surface area contributed by atoms with E-state index < -0.39 is 0 Å². The molecule has 0 aromatic carbocycles. The van der Waals surface area contributed by atoms with Gasteiger partial charge in [0.05, 0.1) is 0 Å². The zero-order valence-electron chi connectivity index (χ0n) is 8.92. The van der Waals surface area contributed by atoms with Gasteiger partial charge in [-0.15, -0.1) is 0 Å². The van der Waals surface area contributed by atoms with Crippen molar-refractivity contribution < 1.29 is 9.90 Å². The number of allylic oxidation sites excluding steroid dienone is 2. The zero-order valence-corrected chi connectivity index (χ0v) is 8.92. The summed E-state index contributed by atoms with van der Waals surface area (Å²) in [7, 11) is 0. The van der Waals surface area contributed by atoms with Crippen molar-refractivity contribution in [2.24, 2.45) is 5.92 Å². The first-order chi connectivity index (χ1) is 6.55. The van der Waals surface area contributed by atoms with E-state index in [0.29, 0.717) is 6.42 Å². The van der Waals surface area contributed by atoms with E-state index in [-0.39, 0.29) is 24.0 Å². The van der Waals surface area contributed by atoms with Gasteiger partial charge in [-0.3, -0.25) is 4.79 Å². The molecule has 1 amide bonds. The molecule has 1 aliphatic carbocycles. The monoisotopic (exact) mass is 197 g/mol. The zero-order chi connectivity index (χ0) is 10.6. The lowest BCUT2D eigenvalue weighted by molar-refractivity contribution is -0.126. The predicted octanol–water partition coefficient (Wildman–Crippen LogP) is 1.23. The minimum absolute atomic E-state index is 0.105. The van der Waals surface area contributed by atoms with E-state index in [1.165, 1.54) is 0 Å². The van der Waals surface area contributed by atoms with Crippen LogP contribution in [0.3, 0.4) is 0 Å². The Labute approximate surface area is 85.2 Å². The third kappa shape index (κ3) is 3.14. The molecule has 0 atom stereocenters. The van der Waals surface area contributed by atoms with Crippen LogP contribution in [0.1, 0.15) is 33.1 Å². The number of hydrogen-bond donors (Lipinski definition) is 2. The molecular formula is C11H19NO2. The van der Waals surface area contributed by atoms with Crippen LogP contribution in [0.2, 0.25) is 0 Å². The van der Waals surface area contributed by atoms with E-state index in [4.69, 9.17) is 5.11 Å².